The average Bonchev–Trinajstić information content (AvgIpc) is 3.20. The molecule has 3 aromatic carbocycles. The molecule has 1 heterocycles. The van der Waals surface area contributed by atoms with E-state index in [-0.39, 0.29) is 29.6 Å². The van der Waals surface area contributed by atoms with E-state index in [2.05, 4.69) is 36.9 Å². The number of ether oxygens (including phenoxy) is 2. The summed E-state index contributed by atoms with van der Waals surface area (Å²) in [5.74, 6) is -1.05. The Hall–Kier alpha value is -2.56. The smallest absolute Gasteiger partial charge is 0.344 e. The summed E-state index contributed by atoms with van der Waals surface area (Å²) in [7, 11) is 0. The molecule has 1 aliphatic heterocycles. The monoisotopic (exact) mass is 723 g/mol. The zero-order chi connectivity index (χ0) is 29.0. The summed E-state index contributed by atoms with van der Waals surface area (Å²) < 4.78 is 12.4. The Balaban J connectivity index is 1.62. The maximum absolute atomic E-state index is 12.8. The first-order valence-corrected chi connectivity index (χ1v) is 15.0. The van der Waals surface area contributed by atoms with E-state index in [1.165, 1.54) is 0 Å². The minimum absolute atomic E-state index is 0.0625. The zero-order valence-corrected chi connectivity index (χ0v) is 26.6. The van der Waals surface area contributed by atoms with E-state index < -0.39 is 11.9 Å². The van der Waals surface area contributed by atoms with Gasteiger partial charge in [-0.3, -0.25) is 4.79 Å². The van der Waals surface area contributed by atoms with Gasteiger partial charge in [0.1, 0.15) is 28.7 Å². The first-order valence-electron chi connectivity index (χ1n) is 11.8. The quantitative estimate of drug-likeness (QED) is 0.245. The van der Waals surface area contributed by atoms with E-state index in [1.807, 2.05) is 13.0 Å². The second-order valence-corrected chi connectivity index (χ2v) is 12.0. The van der Waals surface area contributed by atoms with Gasteiger partial charge >= 0.3 is 5.97 Å². The van der Waals surface area contributed by atoms with Crippen molar-refractivity contribution in [3.8, 4) is 5.75 Å². The van der Waals surface area contributed by atoms with Crippen molar-refractivity contribution in [2.45, 2.75) is 20.5 Å². The number of carbonyl (C=O) groups excluding carboxylic acids is 2. The molecule has 1 N–H and O–H groups in total. The molecular weight excluding hydrogens is 705 g/mol. The van der Waals surface area contributed by atoms with Gasteiger partial charge < -0.3 is 14.6 Å². The van der Waals surface area contributed by atoms with Crippen molar-refractivity contribution in [3.63, 3.8) is 0 Å². The first-order chi connectivity index (χ1) is 19.1. The van der Waals surface area contributed by atoms with Crippen LogP contribution in [-0.4, -0.2) is 28.6 Å². The molecule has 0 aliphatic carbocycles. The van der Waals surface area contributed by atoms with Crippen molar-refractivity contribution in [2.75, 3.05) is 6.61 Å². The van der Waals surface area contributed by atoms with Crippen molar-refractivity contribution in [2.24, 2.45) is 4.99 Å². The standard InChI is InChI=1S/C29H21Br2Cl2NO5S/c1-3-38-29(37)24-25(35)23(40-28(24)34-27(36)18-7-4-15(2)5-8-18)13-17-10-19(30)26(20(31)11-17)39-14-16-6-9-21(32)22(33)12-16/h4-13,35H,3,14H2,1-2H3/b23-13-,34-28?. The molecule has 4 rings (SSSR count). The van der Waals surface area contributed by atoms with Crippen LogP contribution in [0.4, 0.5) is 0 Å². The van der Waals surface area contributed by atoms with Gasteiger partial charge in [0.2, 0.25) is 0 Å². The van der Waals surface area contributed by atoms with E-state index in [1.54, 1.807) is 61.5 Å². The van der Waals surface area contributed by atoms with Crippen molar-refractivity contribution in [1.82, 2.24) is 0 Å². The Kier molecular flexibility index (Phi) is 10.2. The van der Waals surface area contributed by atoms with Crippen molar-refractivity contribution >= 4 is 89.8 Å². The lowest BCUT2D eigenvalue weighted by Crippen LogP contribution is -2.14. The average molecular weight is 726 g/mol. The van der Waals surface area contributed by atoms with Crippen LogP contribution >= 0.6 is 66.8 Å². The predicted octanol–water partition coefficient (Wildman–Crippen LogP) is 9.11. The number of aryl methyl sites for hydroxylation is 1. The lowest BCUT2D eigenvalue weighted by atomic mass is 10.1. The van der Waals surface area contributed by atoms with E-state index in [9.17, 15) is 14.7 Å². The number of benzene rings is 3. The second-order valence-electron chi connectivity index (χ2n) is 8.49. The van der Waals surface area contributed by atoms with Crippen LogP contribution in [0.5, 0.6) is 5.75 Å². The number of aliphatic hydroxyl groups excluding tert-OH is 1. The summed E-state index contributed by atoms with van der Waals surface area (Å²) >= 11 is 20.2. The second kappa shape index (κ2) is 13.4. The van der Waals surface area contributed by atoms with Gasteiger partial charge in [-0.25, -0.2) is 9.79 Å². The Labute approximate surface area is 262 Å². The fourth-order valence-corrected chi connectivity index (χ4v) is 6.37. The molecule has 3 aromatic rings. The first kappa shape index (κ1) is 30.4. The maximum atomic E-state index is 12.8. The molecule has 206 valence electrons. The molecule has 40 heavy (non-hydrogen) atoms. The molecule has 0 fully saturated rings. The minimum atomic E-state index is -0.764. The third-order valence-electron chi connectivity index (χ3n) is 5.56. The van der Waals surface area contributed by atoms with Gasteiger partial charge in [0.15, 0.2) is 0 Å². The number of nitrogens with zero attached hydrogens (tertiary/aromatic N) is 1. The molecule has 6 nitrogen and oxygen atoms in total. The van der Waals surface area contributed by atoms with E-state index in [0.29, 0.717) is 40.8 Å². The third-order valence-corrected chi connectivity index (χ3v) is 8.49. The van der Waals surface area contributed by atoms with Crippen molar-refractivity contribution in [1.29, 1.82) is 0 Å². The molecule has 1 amide bonds. The molecule has 0 saturated carbocycles. The van der Waals surface area contributed by atoms with Crippen LogP contribution in [0.2, 0.25) is 10.0 Å². The summed E-state index contributed by atoms with van der Waals surface area (Å²) in [6, 6.07) is 15.8. The number of hydrogen-bond donors (Lipinski definition) is 1. The maximum Gasteiger partial charge on any atom is 0.344 e. The molecule has 0 aromatic heterocycles. The van der Waals surface area contributed by atoms with E-state index >= 15 is 0 Å². The van der Waals surface area contributed by atoms with E-state index in [0.717, 1.165) is 22.9 Å². The van der Waals surface area contributed by atoms with Gasteiger partial charge in [0.05, 0.1) is 30.5 Å². The van der Waals surface area contributed by atoms with Crippen LogP contribution in [0.15, 0.2) is 84.8 Å². The normalized spacial score (nSPS) is 15.2. The van der Waals surface area contributed by atoms with Gasteiger partial charge in [-0.1, -0.05) is 58.7 Å². The summed E-state index contributed by atoms with van der Waals surface area (Å²) in [4.78, 5) is 30.0. The fraction of sp³-hybridized carbons (Fsp3) is 0.138. The SMILES string of the molecule is CCOC(=O)C1=C(O)/C(=C/c2cc(Br)c(OCc3ccc(Cl)c(Cl)c3)c(Br)c2)SC1=NC(=O)c1ccc(C)cc1. The Morgan fingerprint density at radius 1 is 1.02 bits per heavy atom. The van der Waals surface area contributed by atoms with Crippen LogP contribution in [-0.2, 0) is 16.1 Å². The Morgan fingerprint density at radius 2 is 1.70 bits per heavy atom. The molecule has 0 spiro atoms. The van der Waals surface area contributed by atoms with Gasteiger partial charge in [-0.2, -0.15) is 0 Å². The molecule has 11 heteroatoms. The van der Waals surface area contributed by atoms with Gasteiger partial charge in [-0.05, 0) is 99.3 Å². The highest BCUT2D eigenvalue weighted by Crippen LogP contribution is 2.41. The lowest BCUT2D eigenvalue weighted by Gasteiger charge is -2.12. The summed E-state index contributed by atoms with van der Waals surface area (Å²) in [6.07, 6.45) is 1.68. The van der Waals surface area contributed by atoms with Crippen LogP contribution in [0, 0.1) is 6.92 Å². The fourth-order valence-electron chi connectivity index (χ4n) is 3.58. The molecule has 0 saturated heterocycles. The molecular formula is C29H21Br2Cl2NO5S. The van der Waals surface area contributed by atoms with Crippen LogP contribution in [0.1, 0.15) is 34.0 Å². The third kappa shape index (κ3) is 7.19. The van der Waals surface area contributed by atoms with Crippen LogP contribution < -0.4 is 4.74 Å². The predicted molar refractivity (Wildman–Crippen MR) is 167 cm³/mol. The van der Waals surface area contributed by atoms with Gasteiger partial charge in [-0.15, -0.1) is 0 Å². The number of halogens is 4. The molecule has 0 atom stereocenters. The summed E-state index contributed by atoms with van der Waals surface area (Å²) in [6.45, 7) is 3.92. The Bertz CT molecular complexity index is 1560. The molecule has 1 aliphatic rings. The summed E-state index contributed by atoms with van der Waals surface area (Å²) in [5, 5.41) is 11.9. The zero-order valence-electron chi connectivity index (χ0n) is 21.1. The van der Waals surface area contributed by atoms with Crippen LogP contribution in [0.25, 0.3) is 6.08 Å². The van der Waals surface area contributed by atoms with Gasteiger partial charge in [0, 0.05) is 5.56 Å². The number of esters is 1. The lowest BCUT2D eigenvalue weighted by molar-refractivity contribution is -0.138. The highest BCUT2D eigenvalue weighted by atomic mass is 79.9. The number of carbonyl (C=O) groups is 2. The van der Waals surface area contributed by atoms with Gasteiger partial charge in [0.25, 0.3) is 5.91 Å². The number of aliphatic imine (C=N–C) groups is 1. The van der Waals surface area contributed by atoms with E-state index in [4.69, 9.17) is 32.7 Å². The number of rotatable bonds is 7. The number of aliphatic hydroxyl groups is 1. The molecule has 0 radical (unpaired) electrons. The molecule has 0 bridgehead atoms. The number of hydrogen-bond acceptors (Lipinski definition) is 6. The highest BCUT2D eigenvalue weighted by molar-refractivity contribution is 9.11. The largest absolute Gasteiger partial charge is 0.506 e. The molecule has 0 unspecified atom stereocenters. The summed E-state index contributed by atoms with van der Waals surface area (Å²) in [5.41, 5.74) is 2.73. The van der Waals surface area contributed by atoms with Crippen molar-refractivity contribution in [3.05, 3.63) is 112 Å². The minimum Gasteiger partial charge on any atom is -0.506 e. The highest BCUT2D eigenvalue weighted by Gasteiger charge is 2.34. The van der Waals surface area contributed by atoms with Crippen molar-refractivity contribution < 1.29 is 24.2 Å². The number of amides is 1. The van der Waals surface area contributed by atoms with Crippen LogP contribution in [0.3, 0.4) is 0 Å². The number of thioether (sulfide) groups is 1. The topological polar surface area (TPSA) is 85.2 Å². The Morgan fingerprint density at radius 3 is 2.33 bits per heavy atom.